The third kappa shape index (κ3) is 3.05. The molecule has 6 nitrogen and oxygen atoms in total. The van der Waals surface area contributed by atoms with Crippen LogP contribution in [0.1, 0.15) is 21.5 Å². The number of phenolic OH excluding ortho intramolecular Hbond substituents is 1. The Kier molecular flexibility index (Phi) is 4.44. The molecule has 0 aliphatic carbocycles. The first kappa shape index (κ1) is 17.9. The summed E-state index contributed by atoms with van der Waals surface area (Å²) in [6.45, 7) is -0.0235. The van der Waals surface area contributed by atoms with Gasteiger partial charge in [0.15, 0.2) is 0 Å². The third-order valence-corrected chi connectivity index (χ3v) is 6.32. The van der Waals surface area contributed by atoms with Crippen molar-refractivity contribution in [1.82, 2.24) is 9.29 Å². The number of aromatic hydroxyl groups is 1. The zero-order valence-electron chi connectivity index (χ0n) is 14.7. The zero-order chi connectivity index (χ0) is 19.7. The van der Waals surface area contributed by atoms with Crippen molar-refractivity contribution in [2.24, 2.45) is 0 Å². The summed E-state index contributed by atoms with van der Waals surface area (Å²) in [5.41, 5.74) is 1.15. The number of rotatable bonds is 3. The summed E-state index contributed by atoms with van der Waals surface area (Å²) in [5, 5.41) is 10.1. The number of phenols is 1. The summed E-state index contributed by atoms with van der Waals surface area (Å²) in [7, 11) is -3.95. The average Bonchev–Trinajstić information content (AvgIpc) is 2.71. The van der Waals surface area contributed by atoms with Gasteiger partial charge in [0, 0.05) is 23.5 Å². The molecule has 2 heterocycles. The number of nitrogens with zero attached hydrogens (tertiary/aromatic N) is 2. The summed E-state index contributed by atoms with van der Waals surface area (Å²) in [6, 6.07) is 16.0. The minimum absolute atomic E-state index is 0.0167. The second-order valence-corrected chi connectivity index (χ2v) is 8.11. The van der Waals surface area contributed by atoms with Crippen LogP contribution >= 0.6 is 0 Å². The lowest BCUT2D eigenvalue weighted by molar-refractivity contribution is 0.100. The number of pyridine rings is 1. The van der Waals surface area contributed by atoms with Crippen LogP contribution in [0.4, 0.5) is 0 Å². The van der Waals surface area contributed by atoms with Gasteiger partial charge in [0.1, 0.15) is 11.4 Å². The first-order valence-corrected chi connectivity index (χ1v) is 9.97. The van der Waals surface area contributed by atoms with E-state index in [0.29, 0.717) is 11.1 Å². The standard InChI is InChI=1S/C21H16N2O4S/c24-19-7-3-1-5-16(19)13-18-21(25)17-6-2-4-8-20(17)28(26,27)23(18)14-15-9-11-22-12-10-15/h1-13,24H,14H2. The molecule has 0 unspecified atom stereocenters. The number of para-hydroxylation sites is 1. The minimum Gasteiger partial charge on any atom is -0.507 e. The van der Waals surface area contributed by atoms with Crippen molar-refractivity contribution in [3.63, 3.8) is 0 Å². The van der Waals surface area contributed by atoms with Crippen molar-refractivity contribution >= 4 is 21.9 Å². The van der Waals surface area contributed by atoms with Gasteiger partial charge in [0.05, 0.1) is 11.4 Å². The molecule has 1 aliphatic heterocycles. The van der Waals surface area contributed by atoms with E-state index in [2.05, 4.69) is 4.98 Å². The van der Waals surface area contributed by atoms with Crippen molar-refractivity contribution in [1.29, 1.82) is 0 Å². The fourth-order valence-corrected chi connectivity index (χ4v) is 4.74. The predicted octanol–water partition coefficient (Wildman–Crippen LogP) is 3.22. The molecule has 0 bridgehead atoms. The predicted molar refractivity (Wildman–Crippen MR) is 104 cm³/mol. The number of aromatic nitrogens is 1. The normalized spacial score (nSPS) is 16.8. The topological polar surface area (TPSA) is 87.6 Å². The maximum absolute atomic E-state index is 13.3. The van der Waals surface area contributed by atoms with E-state index in [9.17, 15) is 18.3 Å². The Labute approximate surface area is 162 Å². The number of hydrogen-bond acceptors (Lipinski definition) is 5. The van der Waals surface area contributed by atoms with Gasteiger partial charge in [0.25, 0.3) is 10.0 Å². The Morgan fingerprint density at radius 2 is 1.64 bits per heavy atom. The Hall–Kier alpha value is -3.45. The highest BCUT2D eigenvalue weighted by Gasteiger charge is 2.39. The molecular weight excluding hydrogens is 376 g/mol. The Morgan fingerprint density at radius 1 is 0.964 bits per heavy atom. The number of hydrogen-bond donors (Lipinski definition) is 1. The van der Waals surface area contributed by atoms with E-state index < -0.39 is 15.8 Å². The van der Waals surface area contributed by atoms with Crippen LogP contribution < -0.4 is 0 Å². The highest BCUT2D eigenvalue weighted by Crippen LogP contribution is 2.35. The molecule has 3 aromatic rings. The van der Waals surface area contributed by atoms with Crippen molar-refractivity contribution in [2.75, 3.05) is 0 Å². The second-order valence-electron chi connectivity index (χ2n) is 6.28. The molecule has 4 rings (SSSR count). The zero-order valence-corrected chi connectivity index (χ0v) is 15.5. The van der Waals surface area contributed by atoms with Crippen LogP contribution in [0.25, 0.3) is 6.08 Å². The number of carbonyl (C=O) groups excluding carboxylic acids is 1. The van der Waals surface area contributed by atoms with Gasteiger partial charge in [-0.05, 0) is 42.0 Å². The van der Waals surface area contributed by atoms with Gasteiger partial charge >= 0.3 is 0 Å². The number of fused-ring (bicyclic) bond motifs is 1. The monoisotopic (exact) mass is 392 g/mol. The molecule has 1 N–H and O–H groups in total. The van der Waals surface area contributed by atoms with Crippen LogP contribution in [0, 0.1) is 0 Å². The van der Waals surface area contributed by atoms with Crippen LogP contribution in [0.15, 0.2) is 83.6 Å². The highest BCUT2D eigenvalue weighted by molar-refractivity contribution is 7.89. The van der Waals surface area contributed by atoms with Crippen LogP contribution in [-0.4, -0.2) is 28.6 Å². The molecule has 0 saturated heterocycles. The molecule has 1 aliphatic rings. The van der Waals surface area contributed by atoms with Gasteiger partial charge in [0.2, 0.25) is 5.78 Å². The lowest BCUT2D eigenvalue weighted by Gasteiger charge is -2.31. The minimum atomic E-state index is -3.95. The average molecular weight is 392 g/mol. The van der Waals surface area contributed by atoms with Gasteiger partial charge in [-0.15, -0.1) is 0 Å². The van der Waals surface area contributed by atoms with Crippen LogP contribution in [-0.2, 0) is 16.6 Å². The van der Waals surface area contributed by atoms with Crippen LogP contribution in [0.5, 0.6) is 5.75 Å². The van der Waals surface area contributed by atoms with E-state index >= 15 is 0 Å². The van der Waals surface area contributed by atoms with Crippen molar-refractivity contribution in [2.45, 2.75) is 11.4 Å². The number of sulfonamides is 1. The van der Waals surface area contributed by atoms with E-state index in [1.165, 1.54) is 24.3 Å². The van der Waals surface area contributed by atoms with Crippen molar-refractivity contribution in [3.05, 3.63) is 95.4 Å². The number of benzene rings is 2. The molecule has 0 radical (unpaired) electrons. The van der Waals surface area contributed by atoms with Gasteiger partial charge in [-0.25, -0.2) is 8.42 Å². The first-order valence-electron chi connectivity index (χ1n) is 8.53. The molecule has 2 aromatic carbocycles. The molecule has 0 spiro atoms. The molecule has 0 amide bonds. The highest BCUT2D eigenvalue weighted by atomic mass is 32.2. The Bertz CT molecular complexity index is 1190. The lowest BCUT2D eigenvalue weighted by Crippen LogP contribution is -2.38. The lowest BCUT2D eigenvalue weighted by atomic mass is 10.0. The van der Waals surface area contributed by atoms with E-state index in [-0.39, 0.29) is 28.5 Å². The fraction of sp³-hybridized carbons (Fsp3) is 0.0476. The van der Waals surface area contributed by atoms with Gasteiger partial charge in [-0.3, -0.25) is 14.1 Å². The Balaban J connectivity index is 1.93. The van der Waals surface area contributed by atoms with Crippen LogP contribution in [0.3, 0.4) is 0 Å². The van der Waals surface area contributed by atoms with E-state index in [4.69, 9.17) is 0 Å². The van der Waals surface area contributed by atoms with Gasteiger partial charge in [-0.2, -0.15) is 0 Å². The Morgan fingerprint density at radius 3 is 2.39 bits per heavy atom. The molecule has 0 atom stereocenters. The molecular formula is C21H16N2O4S. The first-order chi connectivity index (χ1) is 13.5. The summed E-state index contributed by atoms with van der Waals surface area (Å²) in [5.74, 6) is -0.453. The second kappa shape index (κ2) is 6.94. The number of ketones is 1. The quantitative estimate of drug-likeness (QED) is 0.692. The summed E-state index contributed by atoms with van der Waals surface area (Å²) < 4.78 is 27.7. The molecule has 1 aromatic heterocycles. The summed E-state index contributed by atoms with van der Waals surface area (Å²) in [4.78, 5) is 17.1. The van der Waals surface area contributed by atoms with E-state index in [0.717, 1.165) is 4.31 Å². The molecule has 7 heteroatoms. The molecule has 0 saturated carbocycles. The maximum atomic E-state index is 13.3. The summed E-state index contributed by atoms with van der Waals surface area (Å²) in [6.07, 6.45) is 4.54. The van der Waals surface area contributed by atoms with Crippen molar-refractivity contribution < 1.29 is 18.3 Å². The number of carbonyl (C=O) groups is 1. The van der Waals surface area contributed by atoms with Gasteiger partial charge < -0.3 is 5.11 Å². The van der Waals surface area contributed by atoms with E-state index in [1.54, 1.807) is 54.9 Å². The molecule has 28 heavy (non-hydrogen) atoms. The number of allylic oxidation sites excluding steroid dienone is 1. The number of Topliss-reactive ketones (excluding diaryl/α,β-unsaturated/α-hetero) is 1. The maximum Gasteiger partial charge on any atom is 0.265 e. The largest absolute Gasteiger partial charge is 0.507 e. The van der Waals surface area contributed by atoms with Gasteiger partial charge in [-0.1, -0.05) is 30.3 Å². The fourth-order valence-electron chi connectivity index (χ4n) is 3.10. The third-order valence-electron chi connectivity index (χ3n) is 4.51. The SMILES string of the molecule is O=C1C(=Cc2ccccc2O)N(Cc2ccncc2)S(=O)(=O)c2ccccc21. The van der Waals surface area contributed by atoms with Crippen molar-refractivity contribution in [3.8, 4) is 5.75 Å². The van der Waals surface area contributed by atoms with Crippen LogP contribution in [0.2, 0.25) is 0 Å². The smallest absolute Gasteiger partial charge is 0.265 e. The summed E-state index contributed by atoms with van der Waals surface area (Å²) >= 11 is 0. The van der Waals surface area contributed by atoms with E-state index in [1.807, 2.05) is 0 Å². The molecule has 0 fully saturated rings. The molecule has 140 valence electrons.